The fourth-order valence-corrected chi connectivity index (χ4v) is 3.68. The van der Waals surface area contributed by atoms with Crippen molar-refractivity contribution in [3.8, 4) is 0 Å². The van der Waals surface area contributed by atoms with Gasteiger partial charge in [-0.3, -0.25) is 0 Å². The fraction of sp³-hybridized carbons (Fsp3) is 0.200. The fourth-order valence-electron chi connectivity index (χ4n) is 2.64. The summed E-state index contributed by atoms with van der Waals surface area (Å²) in [6, 6.07) is 10.4. The Hall–Kier alpha value is -1.27. The molecule has 2 aromatic carbocycles. The van der Waals surface area contributed by atoms with Crippen LogP contribution in [-0.2, 0) is 23.0 Å². The van der Waals surface area contributed by atoms with Crippen LogP contribution < -0.4 is 10.0 Å². The highest BCUT2D eigenvalue weighted by Gasteiger charge is 2.22. The Morgan fingerprint density at radius 1 is 1.14 bits per heavy atom. The van der Waals surface area contributed by atoms with Gasteiger partial charge in [-0.1, -0.05) is 29.3 Å². The molecule has 0 radical (unpaired) electrons. The van der Waals surface area contributed by atoms with E-state index < -0.39 is 10.0 Å². The number of hydrogen-bond donors (Lipinski definition) is 1. The zero-order valence-electron chi connectivity index (χ0n) is 11.6. The molecule has 0 unspecified atom stereocenters. The molecule has 0 spiro atoms. The average molecular weight is 357 g/mol. The van der Waals surface area contributed by atoms with Crippen molar-refractivity contribution in [3.05, 3.63) is 57.6 Å². The standard InChI is InChI=1S/C15H14Cl2N2O2S/c16-12-2-1-11(14(17)8-12)9-19-6-5-10-7-13(22(18,20)21)3-4-15(10)19/h1-4,7-8H,5-6,9H2,(H2,18,20,21). The molecule has 0 atom stereocenters. The van der Waals surface area contributed by atoms with Crippen molar-refractivity contribution < 1.29 is 8.42 Å². The summed E-state index contributed by atoms with van der Waals surface area (Å²) in [4.78, 5) is 2.31. The van der Waals surface area contributed by atoms with Crippen molar-refractivity contribution in [2.24, 2.45) is 5.14 Å². The van der Waals surface area contributed by atoms with Gasteiger partial charge in [0.1, 0.15) is 0 Å². The maximum absolute atomic E-state index is 11.4. The van der Waals surface area contributed by atoms with Crippen LogP contribution in [-0.4, -0.2) is 15.0 Å². The van der Waals surface area contributed by atoms with Crippen LogP contribution in [0.4, 0.5) is 5.69 Å². The molecule has 0 saturated carbocycles. The predicted octanol–water partition coefficient (Wildman–Crippen LogP) is 3.20. The summed E-state index contributed by atoms with van der Waals surface area (Å²) in [7, 11) is -3.67. The number of sulfonamides is 1. The molecule has 22 heavy (non-hydrogen) atoms. The lowest BCUT2D eigenvalue weighted by molar-refractivity contribution is 0.597. The first kappa shape index (κ1) is 15.6. The first-order chi connectivity index (χ1) is 10.3. The summed E-state index contributed by atoms with van der Waals surface area (Å²) in [6.45, 7) is 1.46. The molecule has 1 heterocycles. The second kappa shape index (κ2) is 5.74. The van der Waals surface area contributed by atoms with E-state index in [1.165, 1.54) is 6.07 Å². The molecular weight excluding hydrogens is 343 g/mol. The molecule has 2 aromatic rings. The minimum Gasteiger partial charge on any atom is -0.367 e. The Labute approximate surface area is 139 Å². The van der Waals surface area contributed by atoms with Gasteiger partial charge in [0.05, 0.1) is 4.90 Å². The zero-order chi connectivity index (χ0) is 15.9. The quantitative estimate of drug-likeness (QED) is 0.918. The van der Waals surface area contributed by atoms with Crippen molar-refractivity contribution in [2.75, 3.05) is 11.4 Å². The summed E-state index contributed by atoms with van der Waals surface area (Å²) in [5.41, 5.74) is 2.98. The monoisotopic (exact) mass is 356 g/mol. The molecule has 4 nitrogen and oxygen atoms in total. The molecule has 2 N–H and O–H groups in total. The second-order valence-electron chi connectivity index (χ2n) is 5.24. The van der Waals surface area contributed by atoms with Crippen LogP contribution in [0.25, 0.3) is 0 Å². The lowest BCUT2D eigenvalue weighted by atomic mass is 10.1. The first-order valence-electron chi connectivity index (χ1n) is 6.69. The van der Waals surface area contributed by atoms with E-state index in [4.69, 9.17) is 28.3 Å². The largest absolute Gasteiger partial charge is 0.367 e. The Bertz CT molecular complexity index is 837. The molecule has 1 aliphatic rings. The van der Waals surface area contributed by atoms with Crippen molar-refractivity contribution >= 4 is 38.9 Å². The van der Waals surface area contributed by atoms with Gasteiger partial charge >= 0.3 is 0 Å². The average Bonchev–Trinajstić information content (AvgIpc) is 2.83. The third-order valence-corrected chi connectivity index (χ3v) is 5.25. The highest BCUT2D eigenvalue weighted by Crippen LogP contribution is 2.32. The first-order valence-corrected chi connectivity index (χ1v) is 8.99. The van der Waals surface area contributed by atoms with E-state index in [0.717, 1.165) is 29.8 Å². The van der Waals surface area contributed by atoms with Gasteiger partial charge in [-0.05, 0) is 47.9 Å². The van der Waals surface area contributed by atoms with Crippen LogP contribution in [0.1, 0.15) is 11.1 Å². The van der Waals surface area contributed by atoms with E-state index in [1.54, 1.807) is 18.2 Å². The number of primary sulfonamides is 1. The normalized spacial score (nSPS) is 14.2. The van der Waals surface area contributed by atoms with E-state index >= 15 is 0 Å². The summed E-state index contributed by atoms with van der Waals surface area (Å²) in [5, 5.41) is 6.40. The number of fused-ring (bicyclic) bond motifs is 1. The van der Waals surface area contributed by atoms with Crippen LogP contribution in [0.15, 0.2) is 41.3 Å². The van der Waals surface area contributed by atoms with Gasteiger partial charge in [-0.15, -0.1) is 0 Å². The highest BCUT2D eigenvalue weighted by atomic mass is 35.5. The van der Waals surface area contributed by atoms with Crippen molar-refractivity contribution in [3.63, 3.8) is 0 Å². The number of nitrogens with zero attached hydrogens (tertiary/aromatic N) is 1. The summed E-state index contributed by atoms with van der Waals surface area (Å²) >= 11 is 12.1. The van der Waals surface area contributed by atoms with Crippen LogP contribution >= 0.6 is 23.2 Å². The topological polar surface area (TPSA) is 63.4 Å². The summed E-state index contributed by atoms with van der Waals surface area (Å²) < 4.78 is 22.8. The lowest BCUT2D eigenvalue weighted by Crippen LogP contribution is -2.20. The van der Waals surface area contributed by atoms with Crippen LogP contribution in [0.5, 0.6) is 0 Å². The number of hydrogen-bond acceptors (Lipinski definition) is 3. The second-order valence-corrected chi connectivity index (χ2v) is 7.65. The van der Waals surface area contributed by atoms with Gasteiger partial charge in [-0.2, -0.15) is 0 Å². The molecule has 1 aliphatic heterocycles. The maximum Gasteiger partial charge on any atom is 0.238 e. The minimum absolute atomic E-state index is 0.151. The molecule has 0 fully saturated rings. The van der Waals surface area contributed by atoms with Crippen LogP contribution in [0, 0.1) is 0 Å². The highest BCUT2D eigenvalue weighted by molar-refractivity contribution is 7.89. The van der Waals surface area contributed by atoms with Crippen LogP contribution in [0.3, 0.4) is 0 Å². The Morgan fingerprint density at radius 2 is 1.91 bits per heavy atom. The van der Waals surface area contributed by atoms with Gasteiger partial charge in [-0.25, -0.2) is 13.6 Å². The van der Waals surface area contributed by atoms with E-state index in [9.17, 15) is 8.42 Å². The molecule has 0 aromatic heterocycles. The predicted molar refractivity (Wildman–Crippen MR) is 89.0 cm³/mol. The van der Waals surface area contributed by atoms with Gasteiger partial charge in [0.15, 0.2) is 0 Å². The number of nitrogens with two attached hydrogens (primary N) is 1. The third-order valence-electron chi connectivity index (χ3n) is 3.75. The van der Waals surface area contributed by atoms with Gasteiger partial charge in [0.2, 0.25) is 10.0 Å². The minimum atomic E-state index is -3.67. The number of anilines is 1. The molecule has 0 amide bonds. The van der Waals surface area contributed by atoms with Gasteiger partial charge in [0.25, 0.3) is 0 Å². The van der Waals surface area contributed by atoms with Crippen LogP contribution in [0.2, 0.25) is 10.0 Å². The molecule has 0 aliphatic carbocycles. The van der Waals surface area contributed by atoms with E-state index in [2.05, 4.69) is 4.90 Å². The smallest absolute Gasteiger partial charge is 0.238 e. The number of rotatable bonds is 3. The van der Waals surface area contributed by atoms with Crippen molar-refractivity contribution in [1.29, 1.82) is 0 Å². The SMILES string of the molecule is NS(=O)(=O)c1ccc2c(c1)CCN2Cc1ccc(Cl)cc1Cl. The molecule has 0 saturated heterocycles. The Kier molecular flexibility index (Phi) is 4.07. The van der Waals surface area contributed by atoms with Crippen molar-refractivity contribution in [2.45, 2.75) is 17.9 Å². The molecule has 116 valence electrons. The molecule has 7 heteroatoms. The Morgan fingerprint density at radius 3 is 2.59 bits per heavy atom. The van der Waals surface area contributed by atoms with E-state index in [-0.39, 0.29) is 4.90 Å². The Balaban J connectivity index is 1.89. The van der Waals surface area contributed by atoms with Gasteiger partial charge < -0.3 is 4.90 Å². The molecular formula is C15H14Cl2N2O2S. The number of halogens is 2. The van der Waals surface area contributed by atoms with E-state index in [0.29, 0.717) is 16.6 Å². The van der Waals surface area contributed by atoms with Crippen molar-refractivity contribution in [1.82, 2.24) is 0 Å². The zero-order valence-corrected chi connectivity index (χ0v) is 13.9. The number of benzene rings is 2. The maximum atomic E-state index is 11.4. The molecule has 3 rings (SSSR count). The van der Waals surface area contributed by atoms with E-state index in [1.807, 2.05) is 12.1 Å². The summed E-state index contributed by atoms with van der Waals surface area (Å²) in [5.74, 6) is 0. The van der Waals surface area contributed by atoms with Gasteiger partial charge in [0, 0.05) is 28.8 Å². The third kappa shape index (κ3) is 3.08. The lowest BCUT2D eigenvalue weighted by Gasteiger charge is -2.20. The summed E-state index contributed by atoms with van der Waals surface area (Å²) in [6.07, 6.45) is 0.782. The molecule has 0 bridgehead atoms.